The van der Waals surface area contributed by atoms with Gasteiger partial charge in [0.05, 0.1) is 11.1 Å². The number of piperidine rings is 1. The van der Waals surface area contributed by atoms with Crippen molar-refractivity contribution < 1.29 is 12.9 Å². The summed E-state index contributed by atoms with van der Waals surface area (Å²) in [6.07, 6.45) is 4.22. The summed E-state index contributed by atoms with van der Waals surface area (Å²) in [4.78, 5) is 2.99. The second-order valence-corrected chi connectivity index (χ2v) is 11.4. The fourth-order valence-electron chi connectivity index (χ4n) is 4.68. The van der Waals surface area contributed by atoms with E-state index in [-0.39, 0.29) is 18.3 Å². The number of nitrogens with one attached hydrogen (secondary N) is 1. The van der Waals surface area contributed by atoms with Gasteiger partial charge in [0.2, 0.25) is 9.84 Å². The Morgan fingerprint density at radius 1 is 1.10 bits per heavy atom. The Morgan fingerprint density at radius 3 is 2.61 bits per heavy atom. The van der Waals surface area contributed by atoms with Crippen LogP contribution in [0.3, 0.4) is 0 Å². The van der Waals surface area contributed by atoms with Gasteiger partial charge in [0.1, 0.15) is 9.58 Å². The maximum atomic E-state index is 13.9. The fourth-order valence-corrected chi connectivity index (χ4v) is 8.25. The van der Waals surface area contributed by atoms with Crippen LogP contribution >= 0.6 is 23.7 Å². The molecule has 9 heteroatoms. The second kappa shape index (κ2) is 9.42. The van der Waals surface area contributed by atoms with E-state index in [0.717, 1.165) is 43.8 Å². The third kappa shape index (κ3) is 4.45. The Hall–Kier alpha value is -1.71. The van der Waals surface area contributed by atoms with Gasteiger partial charge < -0.3 is 9.84 Å². The van der Waals surface area contributed by atoms with Crippen LogP contribution in [0, 0.1) is 5.92 Å². The van der Waals surface area contributed by atoms with Gasteiger partial charge in [-0.3, -0.25) is 4.90 Å². The van der Waals surface area contributed by atoms with Crippen molar-refractivity contribution in [1.82, 2.24) is 15.4 Å². The number of nitrogens with zero attached hydrogens (tertiary/aromatic N) is 2. The molecule has 6 nitrogen and oxygen atoms in total. The molecular formula is C22H26ClN3O3S2. The minimum absolute atomic E-state index is 0. The molecule has 0 radical (unpaired) electrons. The molecule has 1 aromatic carbocycles. The van der Waals surface area contributed by atoms with E-state index in [0.29, 0.717) is 16.5 Å². The topological polar surface area (TPSA) is 75.4 Å². The predicted octanol–water partition coefficient (Wildman–Crippen LogP) is 3.98. The number of rotatable bonds is 5. The molecule has 0 bridgehead atoms. The third-order valence-electron chi connectivity index (χ3n) is 6.17. The Bertz CT molecular complexity index is 1110. The summed E-state index contributed by atoms with van der Waals surface area (Å²) in [6.45, 7) is 3.19. The molecule has 2 aromatic heterocycles. The number of halogens is 1. The zero-order chi connectivity index (χ0) is 20.6. The summed E-state index contributed by atoms with van der Waals surface area (Å²) < 4.78 is 33.5. The van der Waals surface area contributed by atoms with E-state index in [1.54, 1.807) is 18.3 Å². The molecule has 2 aliphatic rings. The first-order valence-electron chi connectivity index (χ1n) is 10.4. The normalized spacial score (nSPS) is 18.8. The lowest BCUT2D eigenvalue weighted by Crippen LogP contribution is -2.50. The molecule has 166 valence electrons. The van der Waals surface area contributed by atoms with Crippen molar-refractivity contribution in [2.75, 3.05) is 19.6 Å². The number of sulfone groups is 1. The monoisotopic (exact) mass is 479 g/mol. The molecule has 0 aliphatic carbocycles. The van der Waals surface area contributed by atoms with Crippen LogP contribution < -0.4 is 5.32 Å². The molecule has 1 fully saturated rings. The number of hydrogen-bond acceptors (Lipinski definition) is 7. The van der Waals surface area contributed by atoms with Crippen molar-refractivity contribution in [2.45, 2.75) is 35.4 Å². The molecule has 1 unspecified atom stereocenters. The Labute approximate surface area is 193 Å². The zero-order valence-electron chi connectivity index (χ0n) is 17.1. The SMILES string of the molecule is Cl.O=S(=O)(c1ccc(-c2ccno2)s1)C(C1CCNCC1)N1CCc2ccccc2C1. The molecule has 1 saturated heterocycles. The molecule has 1 atom stereocenters. The molecule has 5 rings (SSSR count). The van der Waals surface area contributed by atoms with Crippen LogP contribution in [-0.4, -0.2) is 43.5 Å². The van der Waals surface area contributed by atoms with Crippen molar-refractivity contribution in [3.8, 4) is 10.6 Å². The van der Waals surface area contributed by atoms with Crippen molar-refractivity contribution >= 4 is 33.6 Å². The first-order chi connectivity index (χ1) is 14.6. The molecule has 0 spiro atoms. The first-order valence-corrected chi connectivity index (χ1v) is 12.8. The predicted molar refractivity (Wildman–Crippen MR) is 124 cm³/mol. The summed E-state index contributed by atoms with van der Waals surface area (Å²) in [5, 5.41) is 6.61. The van der Waals surface area contributed by atoms with Gasteiger partial charge in [-0.25, -0.2) is 8.42 Å². The van der Waals surface area contributed by atoms with Gasteiger partial charge in [0, 0.05) is 19.2 Å². The van der Waals surface area contributed by atoms with Crippen LogP contribution in [0.15, 0.2) is 57.4 Å². The van der Waals surface area contributed by atoms with Crippen molar-refractivity contribution in [3.63, 3.8) is 0 Å². The maximum Gasteiger partial charge on any atom is 0.204 e. The quantitative estimate of drug-likeness (QED) is 0.596. The number of benzene rings is 1. The maximum absolute atomic E-state index is 13.9. The van der Waals surface area contributed by atoms with E-state index in [9.17, 15) is 8.42 Å². The van der Waals surface area contributed by atoms with E-state index in [1.807, 2.05) is 12.1 Å². The lowest BCUT2D eigenvalue weighted by molar-refractivity contribution is 0.159. The highest BCUT2D eigenvalue weighted by atomic mass is 35.5. The highest BCUT2D eigenvalue weighted by molar-refractivity contribution is 7.94. The second-order valence-electron chi connectivity index (χ2n) is 8.01. The van der Waals surface area contributed by atoms with Crippen molar-refractivity contribution in [2.24, 2.45) is 5.92 Å². The van der Waals surface area contributed by atoms with Gasteiger partial charge in [-0.2, -0.15) is 0 Å². The summed E-state index contributed by atoms with van der Waals surface area (Å²) in [5.41, 5.74) is 2.57. The Kier molecular flexibility index (Phi) is 6.83. The number of aromatic nitrogens is 1. The lowest BCUT2D eigenvalue weighted by atomic mass is 9.94. The molecule has 2 aliphatic heterocycles. The molecule has 31 heavy (non-hydrogen) atoms. The van der Waals surface area contributed by atoms with Crippen LogP contribution in [0.4, 0.5) is 0 Å². The number of fused-ring (bicyclic) bond motifs is 1. The van der Waals surface area contributed by atoms with Gasteiger partial charge in [0.15, 0.2) is 5.76 Å². The van der Waals surface area contributed by atoms with Crippen molar-refractivity contribution in [1.29, 1.82) is 0 Å². The molecule has 0 amide bonds. The molecular weight excluding hydrogens is 454 g/mol. The van der Waals surface area contributed by atoms with Crippen LogP contribution in [0.1, 0.15) is 24.0 Å². The standard InChI is InChI=1S/C22H25N3O3S2.ClH/c26-30(27,21-6-5-20(29-21)19-9-13-24-28-19)22(17-7-11-23-12-8-17)25-14-10-16-3-1-2-4-18(16)15-25;/h1-6,9,13,17,22-23H,7-8,10-12,14-15H2;1H. The van der Waals surface area contributed by atoms with Gasteiger partial charge in [-0.05, 0) is 61.5 Å². The summed E-state index contributed by atoms with van der Waals surface area (Å²) in [5.74, 6) is 0.726. The number of hydrogen-bond donors (Lipinski definition) is 1. The molecule has 4 heterocycles. The average Bonchev–Trinajstić information content (AvgIpc) is 3.47. The van der Waals surface area contributed by atoms with Crippen LogP contribution in [0.2, 0.25) is 0 Å². The van der Waals surface area contributed by atoms with Gasteiger partial charge in [-0.1, -0.05) is 29.4 Å². The average molecular weight is 480 g/mol. The highest BCUT2D eigenvalue weighted by Gasteiger charge is 2.41. The summed E-state index contributed by atoms with van der Waals surface area (Å²) >= 11 is 1.28. The summed E-state index contributed by atoms with van der Waals surface area (Å²) in [6, 6.07) is 13.7. The molecule has 3 aromatic rings. The first kappa shape index (κ1) is 22.5. The van der Waals surface area contributed by atoms with E-state index < -0.39 is 15.2 Å². The minimum Gasteiger partial charge on any atom is -0.355 e. The largest absolute Gasteiger partial charge is 0.355 e. The Balaban J connectivity index is 0.00000231. The summed E-state index contributed by atoms with van der Waals surface area (Å²) in [7, 11) is -3.52. The fraction of sp³-hybridized carbons (Fsp3) is 0.409. The lowest BCUT2D eigenvalue weighted by Gasteiger charge is -2.40. The smallest absolute Gasteiger partial charge is 0.204 e. The van der Waals surface area contributed by atoms with Crippen molar-refractivity contribution in [3.05, 3.63) is 59.8 Å². The number of thiophene rings is 1. The van der Waals surface area contributed by atoms with Crippen LogP contribution in [0.5, 0.6) is 0 Å². The van der Waals surface area contributed by atoms with E-state index in [1.165, 1.54) is 22.5 Å². The van der Waals surface area contributed by atoms with Crippen LogP contribution in [0.25, 0.3) is 10.6 Å². The Morgan fingerprint density at radius 2 is 1.87 bits per heavy atom. The highest BCUT2D eigenvalue weighted by Crippen LogP contribution is 2.38. The van der Waals surface area contributed by atoms with E-state index in [2.05, 4.69) is 33.6 Å². The van der Waals surface area contributed by atoms with E-state index >= 15 is 0 Å². The third-order valence-corrected chi connectivity index (χ3v) is 10.0. The van der Waals surface area contributed by atoms with Crippen LogP contribution in [-0.2, 0) is 22.8 Å². The van der Waals surface area contributed by atoms with Gasteiger partial charge in [0.25, 0.3) is 0 Å². The zero-order valence-corrected chi connectivity index (χ0v) is 19.5. The molecule has 1 N–H and O–H groups in total. The van der Waals surface area contributed by atoms with Gasteiger partial charge in [-0.15, -0.1) is 23.7 Å². The minimum atomic E-state index is -3.52. The van der Waals surface area contributed by atoms with Gasteiger partial charge >= 0.3 is 0 Å². The molecule has 0 saturated carbocycles. The van der Waals surface area contributed by atoms with E-state index in [4.69, 9.17) is 4.52 Å².